The van der Waals surface area contributed by atoms with E-state index in [0.717, 1.165) is 42.9 Å². The molecule has 3 aromatic heterocycles. The highest BCUT2D eigenvalue weighted by Crippen LogP contribution is 2.27. The number of nitrogen functional groups attached to an aromatic ring is 1. The molecule has 3 aromatic rings. The Morgan fingerprint density at radius 2 is 2.19 bits per heavy atom. The third kappa shape index (κ3) is 4.06. The predicted octanol–water partition coefficient (Wildman–Crippen LogP) is 2.04. The number of hydrogen-bond acceptors (Lipinski definition) is 7. The fourth-order valence-electron chi connectivity index (χ4n) is 3.27. The molecule has 4 rings (SSSR count). The van der Waals surface area contributed by atoms with Crippen LogP contribution in [0.25, 0.3) is 11.3 Å². The summed E-state index contributed by atoms with van der Waals surface area (Å²) in [6.45, 7) is 2.14. The van der Waals surface area contributed by atoms with Gasteiger partial charge in [0.25, 0.3) is 0 Å². The largest absolute Gasteiger partial charge is 0.381 e. The Labute approximate surface area is 158 Å². The normalized spacial score (nSPS) is 17.2. The van der Waals surface area contributed by atoms with Crippen molar-refractivity contribution in [3.05, 3.63) is 48.7 Å². The first-order chi connectivity index (χ1) is 13.2. The summed E-state index contributed by atoms with van der Waals surface area (Å²) < 4.78 is 7.82. The molecule has 8 heteroatoms. The highest BCUT2D eigenvalue weighted by molar-refractivity contribution is 5.65. The Morgan fingerprint density at radius 1 is 1.26 bits per heavy atom. The van der Waals surface area contributed by atoms with Crippen LogP contribution in [-0.2, 0) is 18.4 Å². The van der Waals surface area contributed by atoms with Gasteiger partial charge < -0.3 is 15.4 Å². The second-order valence-corrected chi connectivity index (χ2v) is 6.71. The summed E-state index contributed by atoms with van der Waals surface area (Å²) in [6.07, 6.45) is 9.31. The molecule has 0 radical (unpaired) electrons. The third-order valence-electron chi connectivity index (χ3n) is 4.65. The van der Waals surface area contributed by atoms with E-state index >= 15 is 0 Å². The van der Waals surface area contributed by atoms with Crippen molar-refractivity contribution in [3.8, 4) is 11.3 Å². The van der Waals surface area contributed by atoms with Crippen molar-refractivity contribution in [2.24, 2.45) is 7.05 Å². The molecular weight excluding hydrogens is 342 g/mol. The first-order valence-electron chi connectivity index (χ1n) is 9.07. The van der Waals surface area contributed by atoms with E-state index in [1.165, 1.54) is 0 Å². The van der Waals surface area contributed by atoms with Crippen molar-refractivity contribution in [1.82, 2.24) is 24.7 Å². The van der Waals surface area contributed by atoms with Gasteiger partial charge in [0.05, 0.1) is 36.5 Å². The van der Waals surface area contributed by atoms with Crippen molar-refractivity contribution < 1.29 is 4.74 Å². The molecule has 0 aliphatic carbocycles. The fourth-order valence-corrected chi connectivity index (χ4v) is 3.27. The van der Waals surface area contributed by atoms with Crippen LogP contribution in [-0.4, -0.2) is 43.9 Å². The second-order valence-electron chi connectivity index (χ2n) is 6.71. The number of aromatic nitrogens is 5. The summed E-state index contributed by atoms with van der Waals surface area (Å²) in [7, 11) is 1.88. The minimum Gasteiger partial charge on any atom is -0.381 e. The maximum Gasteiger partial charge on any atom is 0.172 e. The Balaban J connectivity index is 1.47. The van der Waals surface area contributed by atoms with Crippen LogP contribution in [0.4, 0.5) is 11.6 Å². The Morgan fingerprint density at radius 3 is 2.96 bits per heavy atom. The smallest absolute Gasteiger partial charge is 0.172 e. The summed E-state index contributed by atoms with van der Waals surface area (Å²) >= 11 is 0. The first-order valence-corrected chi connectivity index (χ1v) is 9.07. The summed E-state index contributed by atoms with van der Waals surface area (Å²) in [5, 5.41) is 4.20. The van der Waals surface area contributed by atoms with Crippen LogP contribution in [0.15, 0.2) is 43.0 Å². The lowest BCUT2D eigenvalue weighted by atomic mass is 10.1. The van der Waals surface area contributed by atoms with Gasteiger partial charge in [-0.2, -0.15) is 5.10 Å². The molecule has 1 atom stereocenters. The third-order valence-corrected chi connectivity index (χ3v) is 4.65. The number of piperidine rings is 1. The van der Waals surface area contributed by atoms with E-state index in [0.29, 0.717) is 18.2 Å². The van der Waals surface area contributed by atoms with Gasteiger partial charge in [-0.1, -0.05) is 6.07 Å². The van der Waals surface area contributed by atoms with E-state index in [-0.39, 0.29) is 6.10 Å². The van der Waals surface area contributed by atoms with Gasteiger partial charge in [-0.3, -0.25) is 9.67 Å². The SMILES string of the molecule is Cn1cc(-c2cnc(N)c(N3CCCC(OCc4ccccn4)C3)n2)cn1. The van der Waals surface area contributed by atoms with Crippen LogP contribution >= 0.6 is 0 Å². The maximum atomic E-state index is 6.13. The van der Waals surface area contributed by atoms with Gasteiger partial charge in [0.15, 0.2) is 11.6 Å². The lowest BCUT2D eigenvalue weighted by Gasteiger charge is -2.33. The average Bonchev–Trinajstić information content (AvgIpc) is 3.14. The van der Waals surface area contributed by atoms with Crippen LogP contribution in [0.5, 0.6) is 0 Å². The molecule has 1 saturated heterocycles. The fraction of sp³-hybridized carbons (Fsp3) is 0.368. The quantitative estimate of drug-likeness (QED) is 0.739. The van der Waals surface area contributed by atoms with Crippen LogP contribution in [0.1, 0.15) is 18.5 Å². The molecule has 0 spiro atoms. The average molecular weight is 365 g/mol. The molecule has 140 valence electrons. The van der Waals surface area contributed by atoms with Crippen LogP contribution in [0.3, 0.4) is 0 Å². The summed E-state index contributed by atoms with van der Waals surface area (Å²) in [4.78, 5) is 15.6. The summed E-state index contributed by atoms with van der Waals surface area (Å²) in [5.41, 5.74) is 8.75. The maximum absolute atomic E-state index is 6.13. The van der Waals surface area contributed by atoms with Crippen molar-refractivity contribution >= 4 is 11.6 Å². The van der Waals surface area contributed by atoms with Gasteiger partial charge >= 0.3 is 0 Å². The van der Waals surface area contributed by atoms with Gasteiger partial charge in [0, 0.05) is 38.1 Å². The molecule has 0 amide bonds. The number of nitrogens with two attached hydrogens (primary N) is 1. The number of anilines is 2. The van der Waals surface area contributed by atoms with Crippen LogP contribution in [0.2, 0.25) is 0 Å². The van der Waals surface area contributed by atoms with Crippen molar-refractivity contribution in [2.75, 3.05) is 23.7 Å². The molecule has 0 saturated carbocycles. The number of rotatable bonds is 5. The van der Waals surface area contributed by atoms with E-state index in [4.69, 9.17) is 15.5 Å². The number of aryl methyl sites for hydroxylation is 1. The first kappa shape index (κ1) is 17.4. The van der Waals surface area contributed by atoms with E-state index in [9.17, 15) is 0 Å². The molecule has 8 nitrogen and oxygen atoms in total. The van der Waals surface area contributed by atoms with E-state index in [2.05, 4.69) is 20.0 Å². The van der Waals surface area contributed by atoms with Gasteiger partial charge in [-0.15, -0.1) is 0 Å². The van der Waals surface area contributed by atoms with Crippen LogP contribution < -0.4 is 10.6 Å². The Hall–Kier alpha value is -3.00. The molecule has 0 bridgehead atoms. The number of nitrogens with zero attached hydrogens (tertiary/aromatic N) is 6. The van der Waals surface area contributed by atoms with Crippen molar-refractivity contribution in [1.29, 1.82) is 0 Å². The molecule has 1 fully saturated rings. The number of pyridine rings is 1. The molecule has 0 aromatic carbocycles. The van der Waals surface area contributed by atoms with Crippen LogP contribution in [0, 0.1) is 0 Å². The Kier molecular flexibility index (Phi) is 4.97. The predicted molar refractivity (Wildman–Crippen MR) is 103 cm³/mol. The molecule has 4 heterocycles. The lowest BCUT2D eigenvalue weighted by Crippen LogP contribution is -2.40. The molecular formula is C19H23N7O. The number of hydrogen-bond donors (Lipinski definition) is 1. The molecule has 1 unspecified atom stereocenters. The molecule has 27 heavy (non-hydrogen) atoms. The minimum absolute atomic E-state index is 0.115. The lowest BCUT2D eigenvalue weighted by molar-refractivity contribution is 0.0297. The molecule has 1 aliphatic heterocycles. The second kappa shape index (κ2) is 7.71. The van der Waals surface area contributed by atoms with Gasteiger partial charge in [0.1, 0.15) is 0 Å². The molecule has 2 N–H and O–H groups in total. The monoisotopic (exact) mass is 365 g/mol. The Bertz CT molecular complexity index is 896. The molecule has 1 aliphatic rings. The van der Waals surface area contributed by atoms with E-state index < -0.39 is 0 Å². The zero-order valence-corrected chi connectivity index (χ0v) is 15.3. The van der Waals surface area contributed by atoms with Gasteiger partial charge in [0.2, 0.25) is 0 Å². The van der Waals surface area contributed by atoms with Crippen molar-refractivity contribution in [2.45, 2.75) is 25.6 Å². The standard InChI is InChI=1S/C19H23N7O/c1-25-11-14(9-23-25)17-10-22-18(20)19(24-17)26-8-4-6-16(12-26)27-13-15-5-2-3-7-21-15/h2-3,5,7,9-11,16H,4,6,8,12-13H2,1H3,(H2,20,22). The van der Waals surface area contributed by atoms with E-state index in [1.807, 2.05) is 31.4 Å². The van der Waals surface area contributed by atoms with Crippen molar-refractivity contribution in [3.63, 3.8) is 0 Å². The van der Waals surface area contributed by atoms with Gasteiger partial charge in [-0.05, 0) is 25.0 Å². The summed E-state index contributed by atoms with van der Waals surface area (Å²) in [6, 6.07) is 5.85. The zero-order valence-electron chi connectivity index (χ0n) is 15.3. The minimum atomic E-state index is 0.115. The zero-order chi connectivity index (χ0) is 18.6. The van der Waals surface area contributed by atoms with Gasteiger partial charge in [-0.25, -0.2) is 9.97 Å². The number of ether oxygens (including phenoxy) is 1. The highest BCUT2D eigenvalue weighted by atomic mass is 16.5. The highest BCUT2D eigenvalue weighted by Gasteiger charge is 2.24. The van der Waals surface area contributed by atoms with E-state index in [1.54, 1.807) is 23.3 Å². The topological polar surface area (TPSA) is 95.0 Å². The summed E-state index contributed by atoms with van der Waals surface area (Å²) in [5.74, 6) is 1.15.